The molecule has 0 saturated heterocycles. The molecule has 0 aliphatic heterocycles. The molecule has 0 aliphatic carbocycles. The SMILES string of the molecule is CCNC(C)(C)c1nc(-c2ccc3nccnc3c2)no1. The van der Waals surface area contributed by atoms with Crippen LogP contribution in [0.3, 0.4) is 0 Å². The van der Waals surface area contributed by atoms with Gasteiger partial charge in [-0.15, -0.1) is 0 Å². The molecule has 2 heterocycles. The molecule has 0 spiro atoms. The summed E-state index contributed by atoms with van der Waals surface area (Å²) in [5, 5.41) is 7.38. The van der Waals surface area contributed by atoms with Gasteiger partial charge in [0.1, 0.15) is 0 Å². The van der Waals surface area contributed by atoms with Crippen molar-refractivity contribution in [3.63, 3.8) is 0 Å². The molecule has 1 aromatic carbocycles. The standard InChI is InChI=1S/C15H17N5O/c1-4-18-15(2,3)14-19-13(20-21-14)10-5-6-11-12(9-10)17-8-7-16-11/h5-9,18H,4H2,1-3H3. The van der Waals surface area contributed by atoms with Gasteiger partial charge in [0.05, 0.1) is 16.6 Å². The minimum absolute atomic E-state index is 0.351. The molecule has 6 nitrogen and oxygen atoms in total. The second-order valence-electron chi connectivity index (χ2n) is 5.34. The summed E-state index contributed by atoms with van der Waals surface area (Å²) in [6.45, 7) is 6.90. The van der Waals surface area contributed by atoms with E-state index in [4.69, 9.17) is 4.52 Å². The van der Waals surface area contributed by atoms with E-state index in [2.05, 4.69) is 25.4 Å². The van der Waals surface area contributed by atoms with E-state index in [0.29, 0.717) is 11.7 Å². The van der Waals surface area contributed by atoms with Crippen LogP contribution in [0.5, 0.6) is 0 Å². The summed E-state index contributed by atoms with van der Waals surface area (Å²) in [6, 6.07) is 5.74. The second-order valence-corrected chi connectivity index (χ2v) is 5.34. The van der Waals surface area contributed by atoms with Crippen LogP contribution in [0.1, 0.15) is 26.7 Å². The van der Waals surface area contributed by atoms with Crippen LogP contribution >= 0.6 is 0 Å². The first-order valence-electron chi connectivity index (χ1n) is 6.90. The topological polar surface area (TPSA) is 76.7 Å². The lowest BCUT2D eigenvalue weighted by molar-refractivity contribution is 0.272. The molecule has 0 amide bonds. The highest BCUT2D eigenvalue weighted by Gasteiger charge is 2.26. The molecule has 3 rings (SSSR count). The average Bonchev–Trinajstić information content (AvgIpc) is 2.97. The molecule has 2 aromatic heterocycles. The fraction of sp³-hybridized carbons (Fsp3) is 0.333. The van der Waals surface area contributed by atoms with Crippen molar-refractivity contribution in [3.8, 4) is 11.4 Å². The Morgan fingerprint density at radius 2 is 1.90 bits per heavy atom. The molecule has 0 saturated carbocycles. The molecule has 1 N–H and O–H groups in total. The fourth-order valence-corrected chi connectivity index (χ4v) is 2.21. The van der Waals surface area contributed by atoms with Crippen LogP contribution in [0.15, 0.2) is 35.1 Å². The van der Waals surface area contributed by atoms with Gasteiger partial charge in [-0.1, -0.05) is 12.1 Å². The number of rotatable bonds is 4. The lowest BCUT2D eigenvalue weighted by Crippen LogP contribution is -2.36. The van der Waals surface area contributed by atoms with E-state index in [0.717, 1.165) is 23.1 Å². The van der Waals surface area contributed by atoms with E-state index in [9.17, 15) is 0 Å². The lowest BCUT2D eigenvalue weighted by atomic mass is 10.1. The van der Waals surface area contributed by atoms with Crippen LogP contribution in [0.4, 0.5) is 0 Å². The molecular weight excluding hydrogens is 266 g/mol. The maximum absolute atomic E-state index is 5.39. The lowest BCUT2D eigenvalue weighted by Gasteiger charge is -2.20. The molecule has 6 heteroatoms. The molecular formula is C15H17N5O. The summed E-state index contributed by atoms with van der Waals surface area (Å²) in [6.07, 6.45) is 3.34. The van der Waals surface area contributed by atoms with Gasteiger partial charge in [0.2, 0.25) is 11.7 Å². The minimum atomic E-state index is -0.351. The maximum atomic E-state index is 5.39. The predicted molar refractivity (Wildman–Crippen MR) is 79.5 cm³/mol. The summed E-state index contributed by atoms with van der Waals surface area (Å²) in [5.74, 6) is 1.13. The summed E-state index contributed by atoms with van der Waals surface area (Å²) >= 11 is 0. The Morgan fingerprint density at radius 1 is 1.14 bits per heavy atom. The Morgan fingerprint density at radius 3 is 2.67 bits per heavy atom. The van der Waals surface area contributed by atoms with Gasteiger partial charge in [-0.3, -0.25) is 9.97 Å². The normalized spacial score (nSPS) is 12.0. The van der Waals surface area contributed by atoms with Gasteiger partial charge >= 0.3 is 0 Å². The molecule has 0 bridgehead atoms. The zero-order valence-electron chi connectivity index (χ0n) is 12.3. The zero-order valence-corrected chi connectivity index (χ0v) is 12.3. The molecule has 108 valence electrons. The van der Waals surface area contributed by atoms with Gasteiger partial charge in [0.15, 0.2) is 0 Å². The smallest absolute Gasteiger partial charge is 0.246 e. The number of nitrogens with zero attached hydrogens (tertiary/aromatic N) is 4. The number of hydrogen-bond donors (Lipinski definition) is 1. The number of nitrogens with one attached hydrogen (secondary N) is 1. The number of benzene rings is 1. The van der Waals surface area contributed by atoms with Gasteiger partial charge in [0.25, 0.3) is 0 Å². The average molecular weight is 283 g/mol. The molecule has 0 atom stereocenters. The third kappa shape index (κ3) is 2.62. The van der Waals surface area contributed by atoms with Crippen LogP contribution in [0.2, 0.25) is 0 Å². The zero-order chi connectivity index (χ0) is 14.9. The second kappa shape index (κ2) is 5.21. The fourth-order valence-electron chi connectivity index (χ4n) is 2.21. The van der Waals surface area contributed by atoms with Crippen molar-refractivity contribution in [2.75, 3.05) is 6.54 Å². The van der Waals surface area contributed by atoms with Crippen LogP contribution < -0.4 is 5.32 Å². The van der Waals surface area contributed by atoms with Crippen molar-refractivity contribution in [1.82, 2.24) is 25.4 Å². The Hall–Kier alpha value is -2.34. The van der Waals surface area contributed by atoms with E-state index >= 15 is 0 Å². The molecule has 0 fully saturated rings. The van der Waals surface area contributed by atoms with E-state index in [1.165, 1.54) is 0 Å². The van der Waals surface area contributed by atoms with Crippen LogP contribution in [0.25, 0.3) is 22.4 Å². The summed E-state index contributed by atoms with van der Waals surface area (Å²) in [7, 11) is 0. The van der Waals surface area contributed by atoms with Gasteiger partial charge in [-0.05, 0) is 38.6 Å². The van der Waals surface area contributed by atoms with Crippen molar-refractivity contribution in [2.24, 2.45) is 0 Å². The highest BCUT2D eigenvalue weighted by atomic mass is 16.5. The van der Waals surface area contributed by atoms with Crippen molar-refractivity contribution in [1.29, 1.82) is 0 Å². The summed E-state index contributed by atoms with van der Waals surface area (Å²) < 4.78 is 5.39. The van der Waals surface area contributed by atoms with Crippen molar-refractivity contribution in [3.05, 3.63) is 36.5 Å². The monoisotopic (exact) mass is 283 g/mol. The quantitative estimate of drug-likeness (QED) is 0.793. The van der Waals surface area contributed by atoms with Gasteiger partial charge < -0.3 is 9.84 Å². The Bertz CT molecular complexity index is 765. The van der Waals surface area contributed by atoms with Crippen molar-refractivity contribution in [2.45, 2.75) is 26.3 Å². The molecule has 21 heavy (non-hydrogen) atoms. The first kappa shape index (κ1) is 13.6. The molecule has 0 unspecified atom stereocenters. The summed E-state index contributed by atoms with van der Waals surface area (Å²) in [5.41, 5.74) is 2.17. The van der Waals surface area contributed by atoms with Crippen LogP contribution in [0, 0.1) is 0 Å². The highest BCUT2D eigenvalue weighted by Crippen LogP contribution is 2.24. The minimum Gasteiger partial charge on any atom is -0.337 e. The van der Waals surface area contributed by atoms with Crippen LogP contribution in [-0.2, 0) is 5.54 Å². The number of hydrogen-bond acceptors (Lipinski definition) is 6. The number of fused-ring (bicyclic) bond motifs is 1. The Kier molecular flexibility index (Phi) is 3.39. The highest BCUT2D eigenvalue weighted by molar-refractivity contribution is 5.79. The first-order valence-corrected chi connectivity index (χ1v) is 6.90. The molecule has 0 aliphatic rings. The predicted octanol–water partition coefficient (Wildman–Crippen LogP) is 2.52. The molecule has 3 aromatic rings. The Balaban J connectivity index is 1.98. The van der Waals surface area contributed by atoms with Crippen LogP contribution in [-0.4, -0.2) is 26.7 Å². The van der Waals surface area contributed by atoms with Gasteiger partial charge in [-0.2, -0.15) is 4.98 Å². The largest absolute Gasteiger partial charge is 0.337 e. The van der Waals surface area contributed by atoms with Crippen molar-refractivity contribution >= 4 is 11.0 Å². The van der Waals surface area contributed by atoms with E-state index in [1.807, 2.05) is 39.0 Å². The first-order chi connectivity index (χ1) is 10.1. The Labute approximate surface area is 122 Å². The number of aromatic nitrogens is 4. The van der Waals surface area contributed by atoms with Crippen molar-refractivity contribution < 1.29 is 4.52 Å². The van der Waals surface area contributed by atoms with E-state index in [-0.39, 0.29) is 5.54 Å². The summed E-state index contributed by atoms with van der Waals surface area (Å²) in [4.78, 5) is 13.0. The maximum Gasteiger partial charge on any atom is 0.246 e. The van der Waals surface area contributed by atoms with Gasteiger partial charge in [0, 0.05) is 18.0 Å². The van der Waals surface area contributed by atoms with E-state index < -0.39 is 0 Å². The van der Waals surface area contributed by atoms with E-state index in [1.54, 1.807) is 12.4 Å². The molecule has 0 radical (unpaired) electrons. The third-order valence-electron chi connectivity index (χ3n) is 3.31. The third-order valence-corrected chi connectivity index (χ3v) is 3.31. The van der Waals surface area contributed by atoms with Gasteiger partial charge in [-0.25, -0.2) is 0 Å².